The number of nitrogens with zero attached hydrogens (tertiary/aromatic N) is 3. The van der Waals surface area contributed by atoms with Gasteiger partial charge >= 0.3 is 0 Å². The van der Waals surface area contributed by atoms with E-state index in [4.69, 9.17) is 0 Å². The van der Waals surface area contributed by atoms with Crippen molar-refractivity contribution in [2.75, 3.05) is 23.3 Å². The molecular weight excluding hydrogens is 300 g/mol. The summed E-state index contributed by atoms with van der Waals surface area (Å²) >= 11 is 0. The number of hydrogen-bond donors (Lipinski definition) is 1. The van der Waals surface area contributed by atoms with E-state index in [0.29, 0.717) is 17.4 Å². The Hall–Kier alpha value is -2.43. The Balaban J connectivity index is 1.78. The van der Waals surface area contributed by atoms with Crippen molar-refractivity contribution in [3.05, 3.63) is 47.3 Å². The molecule has 1 aliphatic heterocycles. The fraction of sp³-hybridized carbons (Fsp3) is 0.421. The Morgan fingerprint density at radius 3 is 2.46 bits per heavy atom. The van der Waals surface area contributed by atoms with Gasteiger partial charge in [-0.25, -0.2) is 9.97 Å². The fourth-order valence-electron chi connectivity index (χ4n) is 3.05. The monoisotopic (exact) mass is 324 g/mol. The SMILES string of the molecule is Cc1cccc(C(C)C)c1NC(=O)c1cnc(N2CCCC2)nc1. The van der Waals surface area contributed by atoms with E-state index in [1.54, 1.807) is 12.4 Å². The third kappa shape index (κ3) is 3.40. The van der Waals surface area contributed by atoms with Gasteiger partial charge in [0, 0.05) is 31.2 Å². The summed E-state index contributed by atoms with van der Waals surface area (Å²) in [5.74, 6) is 0.885. The van der Waals surface area contributed by atoms with Gasteiger partial charge in [-0.1, -0.05) is 32.0 Å². The van der Waals surface area contributed by atoms with Gasteiger partial charge < -0.3 is 10.2 Å². The first-order valence-corrected chi connectivity index (χ1v) is 8.54. The van der Waals surface area contributed by atoms with E-state index in [2.05, 4.69) is 40.1 Å². The van der Waals surface area contributed by atoms with Crippen LogP contribution in [0.15, 0.2) is 30.6 Å². The highest BCUT2D eigenvalue weighted by Crippen LogP contribution is 2.27. The first-order valence-electron chi connectivity index (χ1n) is 8.54. The van der Waals surface area contributed by atoms with Crippen molar-refractivity contribution in [1.29, 1.82) is 0 Å². The maximum Gasteiger partial charge on any atom is 0.258 e. The molecule has 1 amide bonds. The molecule has 2 aromatic rings. The van der Waals surface area contributed by atoms with Crippen molar-refractivity contribution in [2.45, 2.75) is 39.5 Å². The number of nitrogens with one attached hydrogen (secondary N) is 1. The summed E-state index contributed by atoms with van der Waals surface area (Å²) in [6.45, 7) is 8.24. The lowest BCUT2D eigenvalue weighted by Gasteiger charge is -2.17. The van der Waals surface area contributed by atoms with Crippen LogP contribution in [0, 0.1) is 6.92 Å². The molecule has 1 saturated heterocycles. The van der Waals surface area contributed by atoms with Crippen molar-refractivity contribution in [3.8, 4) is 0 Å². The molecule has 5 heteroatoms. The molecule has 0 unspecified atom stereocenters. The average molecular weight is 324 g/mol. The molecular formula is C19H24N4O. The molecule has 1 aliphatic rings. The van der Waals surface area contributed by atoms with Crippen LogP contribution in [0.1, 0.15) is 54.1 Å². The van der Waals surface area contributed by atoms with Crippen molar-refractivity contribution in [2.24, 2.45) is 0 Å². The van der Waals surface area contributed by atoms with Crippen LogP contribution in [0.4, 0.5) is 11.6 Å². The highest BCUT2D eigenvalue weighted by molar-refractivity contribution is 6.04. The first kappa shape index (κ1) is 16.4. The zero-order valence-electron chi connectivity index (χ0n) is 14.5. The lowest BCUT2D eigenvalue weighted by Crippen LogP contribution is -2.21. The number of amides is 1. The molecule has 126 valence electrons. The van der Waals surface area contributed by atoms with Gasteiger partial charge in [-0.3, -0.25) is 4.79 Å². The normalized spacial score (nSPS) is 14.2. The molecule has 1 N–H and O–H groups in total. The highest BCUT2D eigenvalue weighted by Gasteiger charge is 2.17. The second-order valence-electron chi connectivity index (χ2n) is 6.61. The third-order valence-corrected chi connectivity index (χ3v) is 4.45. The van der Waals surface area contributed by atoms with Gasteiger partial charge in [-0.15, -0.1) is 0 Å². The predicted octanol–water partition coefficient (Wildman–Crippen LogP) is 3.76. The van der Waals surface area contributed by atoms with E-state index < -0.39 is 0 Å². The highest BCUT2D eigenvalue weighted by atomic mass is 16.1. The quantitative estimate of drug-likeness (QED) is 0.930. The Bertz CT molecular complexity index is 719. The third-order valence-electron chi connectivity index (χ3n) is 4.45. The zero-order chi connectivity index (χ0) is 17.1. The van der Waals surface area contributed by atoms with Crippen LogP contribution >= 0.6 is 0 Å². The van der Waals surface area contributed by atoms with Crippen molar-refractivity contribution in [1.82, 2.24) is 9.97 Å². The zero-order valence-corrected chi connectivity index (χ0v) is 14.5. The summed E-state index contributed by atoms with van der Waals surface area (Å²) in [5.41, 5.74) is 3.57. The Kier molecular flexibility index (Phi) is 4.79. The maximum absolute atomic E-state index is 12.6. The van der Waals surface area contributed by atoms with Crippen LogP contribution in [0.25, 0.3) is 0 Å². The molecule has 0 spiro atoms. The number of para-hydroxylation sites is 1. The minimum absolute atomic E-state index is 0.167. The van der Waals surface area contributed by atoms with E-state index in [-0.39, 0.29) is 5.91 Å². The summed E-state index contributed by atoms with van der Waals surface area (Å²) in [6, 6.07) is 6.09. The van der Waals surface area contributed by atoms with Crippen molar-refractivity contribution < 1.29 is 4.79 Å². The predicted molar refractivity (Wildman–Crippen MR) is 96.7 cm³/mol. The second-order valence-corrected chi connectivity index (χ2v) is 6.61. The first-order chi connectivity index (χ1) is 11.6. The summed E-state index contributed by atoms with van der Waals surface area (Å²) < 4.78 is 0. The molecule has 5 nitrogen and oxygen atoms in total. The Morgan fingerprint density at radius 1 is 1.17 bits per heavy atom. The summed E-state index contributed by atoms with van der Waals surface area (Å²) in [7, 11) is 0. The van der Waals surface area contributed by atoms with Gasteiger partial charge in [0.15, 0.2) is 0 Å². The maximum atomic E-state index is 12.6. The molecule has 1 aromatic heterocycles. The van der Waals surface area contributed by atoms with Crippen LogP contribution in [-0.2, 0) is 0 Å². The molecule has 2 heterocycles. The van der Waals surface area contributed by atoms with E-state index in [0.717, 1.165) is 29.9 Å². The van der Waals surface area contributed by atoms with Crippen LogP contribution < -0.4 is 10.2 Å². The molecule has 0 atom stereocenters. The standard InChI is InChI=1S/C19H24N4O/c1-13(2)16-8-6-7-14(3)17(16)22-18(24)15-11-20-19(21-12-15)23-9-4-5-10-23/h6-8,11-13H,4-5,9-10H2,1-3H3,(H,22,24). The summed E-state index contributed by atoms with van der Waals surface area (Å²) in [6.07, 6.45) is 5.58. The van der Waals surface area contributed by atoms with E-state index >= 15 is 0 Å². The number of hydrogen-bond acceptors (Lipinski definition) is 4. The number of carbonyl (C=O) groups excluding carboxylic acids is 1. The number of aryl methyl sites for hydroxylation is 1. The lowest BCUT2D eigenvalue weighted by molar-refractivity contribution is 0.102. The molecule has 0 bridgehead atoms. The Morgan fingerprint density at radius 2 is 1.83 bits per heavy atom. The van der Waals surface area contributed by atoms with E-state index in [1.165, 1.54) is 12.8 Å². The minimum atomic E-state index is -0.167. The average Bonchev–Trinajstić information content (AvgIpc) is 3.11. The van der Waals surface area contributed by atoms with Gasteiger partial charge in [0.1, 0.15) is 0 Å². The van der Waals surface area contributed by atoms with Crippen molar-refractivity contribution >= 4 is 17.5 Å². The largest absolute Gasteiger partial charge is 0.341 e. The number of carbonyl (C=O) groups is 1. The van der Waals surface area contributed by atoms with Gasteiger partial charge in [-0.05, 0) is 36.8 Å². The van der Waals surface area contributed by atoms with Gasteiger partial charge in [0.05, 0.1) is 5.56 Å². The van der Waals surface area contributed by atoms with Crippen LogP contribution in [-0.4, -0.2) is 29.0 Å². The number of rotatable bonds is 4. The van der Waals surface area contributed by atoms with E-state index in [1.807, 2.05) is 19.1 Å². The van der Waals surface area contributed by atoms with Crippen LogP contribution in [0.3, 0.4) is 0 Å². The molecule has 0 radical (unpaired) electrons. The lowest BCUT2D eigenvalue weighted by atomic mass is 9.98. The van der Waals surface area contributed by atoms with Gasteiger partial charge in [0.2, 0.25) is 5.95 Å². The second kappa shape index (κ2) is 6.99. The molecule has 1 aromatic carbocycles. The van der Waals surface area contributed by atoms with Crippen LogP contribution in [0.2, 0.25) is 0 Å². The minimum Gasteiger partial charge on any atom is -0.341 e. The van der Waals surface area contributed by atoms with Crippen molar-refractivity contribution in [3.63, 3.8) is 0 Å². The summed E-state index contributed by atoms with van der Waals surface area (Å²) in [4.78, 5) is 23.4. The topological polar surface area (TPSA) is 58.1 Å². The van der Waals surface area contributed by atoms with Gasteiger partial charge in [-0.2, -0.15) is 0 Å². The number of aromatic nitrogens is 2. The smallest absolute Gasteiger partial charge is 0.258 e. The van der Waals surface area contributed by atoms with E-state index in [9.17, 15) is 4.79 Å². The number of benzene rings is 1. The molecule has 0 saturated carbocycles. The molecule has 0 aliphatic carbocycles. The summed E-state index contributed by atoms with van der Waals surface area (Å²) in [5, 5.41) is 3.03. The fourth-order valence-corrected chi connectivity index (χ4v) is 3.05. The van der Waals surface area contributed by atoms with Gasteiger partial charge in [0.25, 0.3) is 5.91 Å². The number of anilines is 2. The van der Waals surface area contributed by atoms with Crippen LogP contribution in [0.5, 0.6) is 0 Å². The molecule has 3 rings (SSSR count). The molecule has 1 fully saturated rings. The molecule has 24 heavy (non-hydrogen) atoms. The Labute approximate surface area is 143 Å².